The number of fused-ring (bicyclic) bond motifs is 3. The molecule has 0 fully saturated rings. The van der Waals surface area contributed by atoms with Crippen molar-refractivity contribution in [3.8, 4) is 0 Å². The van der Waals surface area contributed by atoms with Gasteiger partial charge >= 0.3 is 0 Å². The molecule has 0 N–H and O–H groups in total. The van der Waals surface area contributed by atoms with Crippen LogP contribution in [0.1, 0.15) is 50.1 Å². The van der Waals surface area contributed by atoms with Crippen molar-refractivity contribution < 1.29 is 0 Å². The maximum atomic E-state index is 7.17. The molecule has 68 heavy (non-hydrogen) atoms. The third-order valence-corrected chi connectivity index (χ3v) is 16.7. The molecule has 0 aromatic heterocycles. The summed E-state index contributed by atoms with van der Waals surface area (Å²) in [5.74, 6) is 0. The molecule has 0 aliphatic carbocycles. The molecule has 2 aliphatic heterocycles. The van der Waals surface area contributed by atoms with Crippen molar-refractivity contribution in [1.82, 2.24) is 24.5 Å². The number of alkyl halides is 1. The van der Waals surface area contributed by atoms with Gasteiger partial charge in [0.05, 0.1) is 13.3 Å². The second kappa shape index (κ2) is 21.2. The largest absolute Gasteiger partial charge is 0.342 e. The average Bonchev–Trinajstić information content (AvgIpc) is 3.78. The van der Waals surface area contributed by atoms with Crippen LogP contribution in [0.5, 0.6) is 0 Å². The Morgan fingerprint density at radius 2 is 0.912 bits per heavy atom. The first-order chi connectivity index (χ1) is 32.9. The van der Waals surface area contributed by atoms with Crippen LogP contribution in [0.15, 0.2) is 153 Å². The van der Waals surface area contributed by atoms with E-state index in [1.54, 1.807) is 0 Å². The van der Waals surface area contributed by atoms with Crippen molar-refractivity contribution in [2.45, 2.75) is 65.3 Å². The number of hydrogen-bond acceptors (Lipinski definition) is 6. The smallest absolute Gasteiger partial charge is 0.142 e. The lowest BCUT2D eigenvalue weighted by molar-refractivity contribution is 0.246. The van der Waals surface area contributed by atoms with E-state index in [1.807, 2.05) is 7.05 Å². The molecule has 9 rings (SSSR count). The van der Waals surface area contributed by atoms with Crippen LogP contribution in [0.2, 0.25) is 0 Å². The number of aliphatic imine (C=N–C) groups is 1. The number of rotatable bonds is 16. The summed E-state index contributed by atoms with van der Waals surface area (Å²) in [5.41, 5.74) is 10.1. The summed E-state index contributed by atoms with van der Waals surface area (Å²) in [6, 6.07) is 44.6. The maximum absolute atomic E-state index is 7.17. The Labute approximate surface area is 430 Å². The van der Waals surface area contributed by atoms with Gasteiger partial charge in [0.25, 0.3) is 0 Å². The first-order valence-electron chi connectivity index (χ1n) is 23.0. The van der Waals surface area contributed by atoms with Gasteiger partial charge in [0.15, 0.2) is 0 Å². The monoisotopic (exact) mass is 1020 g/mol. The molecule has 1 unspecified atom stereocenters. The summed E-state index contributed by atoms with van der Waals surface area (Å²) >= 11 is 42.6. The van der Waals surface area contributed by atoms with E-state index in [4.69, 9.17) is 74.6 Å². The lowest BCUT2D eigenvalue weighted by Gasteiger charge is -2.31. The minimum atomic E-state index is -0.640. The van der Waals surface area contributed by atoms with E-state index in [0.29, 0.717) is 71.9 Å². The van der Waals surface area contributed by atoms with Crippen LogP contribution in [-0.4, -0.2) is 68.6 Å². The van der Waals surface area contributed by atoms with Crippen LogP contribution in [0.4, 0.5) is 0 Å². The average molecular weight is 1020 g/mol. The van der Waals surface area contributed by atoms with Crippen LogP contribution in [0.25, 0.3) is 32.3 Å². The van der Waals surface area contributed by atoms with Crippen molar-refractivity contribution in [1.29, 1.82) is 0 Å². The zero-order chi connectivity index (χ0) is 47.6. The molecule has 0 bridgehead atoms. The molecule has 0 saturated carbocycles. The molecule has 0 radical (unpaired) electrons. The van der Waals surface area contributed by atoms with Gasteiger partial charge in [-0.25, -0.2) is 0 Å². The Kier molecular flexibility index (Phi) is 15.1. The molecule has 2 heterocycles. The van der Waals surface area contributed by atoms with Gasteiger partial charge in [-0.1, -0.05) is 197 Å². The predicted molar refractivity (Wildman–Crippen MR) is 290 cm³/mol. The van der Waals surface area contributed by atoms with Crippen LogP contribution in [0, 0.1) is 20.8 Å². The molecule has 0 spiro atoms. The third-order valence-electron chi connectivity index (χ3n) is 13.8. The second-order valence-electron chi connectivity index (χ2n) is 18.0. The molecule has 0 saturated heterocycles. The summed E-state index contributed by atoms with van der Waals surface area (Å²) in [7, 11) is 2.00. The quantitative estimate of drug-likeness (QED) is 0.0546. The van der Waals surface area contributed by atoms with Crippen LogP contribution in [0.3, 0.4) is 0 Å². The topological polar surface area (TPSA) is 28.6 Å². The molecule has 2 aliphatic rings. The first-order valence-corrected chi connectivity index (χ1v) is 25.3. The molecule has 1 atom stereocenters. The van der Waals surface area contributed by atoms with Gasteiger partial charge in [0.2, 0.25) is 0 Å². The van der Waals surface area contributed by atoms with Gasteiger partial charge in [-0.15, -0.1) is 0 Å². The standard InChI is InChI=1S/C56H54Cl6N6/c1-36-48(31-64(4)52(58)51(57)63-28-26-42-20-11-17-39-14-5-8-23-45(39)42)37(2)50(33-68-35-66(55(61)56(68)62)30-44-22-13-19-41-16-7-10-25-47(41)44)38(3)49(36)32-67-34-65(53(59)54(67)60)29-27-43-21-12-18-40-15-6-9-24-46(40)43/h5-25,52H,26-35H2,1-4H3. The van der Waals surface area contributed by atoms with Crippen LogP contribution in [-0.2, 0) is 39.0 Å². The fourth-order valence-electron chi connectivity index (χ4n) is 9.98. The minimum absolute atomic E-state index is 0.361. The molecule has 12 heteroatoms. The van der Waals surface area contributed by atoms with Gasteiger partial charge in [0, 0.05) is 39.3 Å². The Balaban J connectivity index is 0.976. The van der Waals surface area contributed by atoms with E-state index in [-0.39, 0.29) is 0 Å². The maximum Gasteiger partial charge on any atom is 0.142 e. The van der Waals surface area contributed by atoms with Gasteiger partial charge in [-0.2, -0.15) is 0 Å². The molecule has 7 aromatic rings. The number of hydrogen-bond donors (Lipinski definition) is 0. The van der Waals surface area contributed by atoms with Crippen molar-refractivity contribution in [2.75, 3.05) is 33.5 Å². The molecule has 7 aromatic carbocycles. The van der Waals surface area contributed by atoms with Crippen LogP contribution >= 0.6 is 69.6 Å². The minimum Gasteiger partial charge on any atom is -0.342 e. The Bertz CT molecular complexity index is 3100. The van der Waals surface area contributed by atoms with Crippen molar-refractivity contribution >= 4 is 107 Å². The Morgan fingerprint density at radius 1 is 0.515 bits per heavy atom. The second-order valence-corrected chi connectivity index (χ2v) is 20.2. The molecular weight excluding hydrogens is 969 g/mol. The summed E-state index contributed by atoms with van der Waals surface area (Å²) in [6.45, 7) is 11.2. The zero-order valence-corrected chi connectivity index (χ0v) is 43.3. The molecular formula is C56H54Cl6N6. The van der Waals surface area contributed by atoms with Crippen molar-refractivity contribution in [3.63, 3.8) is 0 Å². The van der Waals surface area contributed by atoms with Crippen LogP contribution < -0.4 is 0 Å². The summed E-state index contributed by atoms with van der Waals surface area (Å²) in [4.78, 5) is 15.5. The van der Waals surface area contributed by atoms with Gasteiger partial charge in [0.1, 0.15) is 31.3 Å². The number of nitrogens with zero attached hydrogens (tertiary/aromatic N) is 6. The lowest BCUT2D eigenvalue weighted by Crippen LogP contribution is -2.33. The normalized spacial score (nSPS) is 15.2. The third kappa shape index (κ3) is 10.0. The molecule has 350 valence electrons. The summed E-state index contributed by atoms with van der Waals surface area (Å²) in [5, 5.41) is 9.84. The highest BCUT2D eigenvalue weighted by Crippen LogP contribution is 2.39. The summed E-state index contributed by atoms with van der Waals surface area (Å²) in [6.07, 6.45) is 1.58. The fourth-order valence-corrected chi connectivity index (χ4v) is 11.3. The highest BCUT2D eigenvalue weighted by Gasteiger charge is 2.32. The number of benzene rings is 7. The van der Waals surface area contributed by atoms with E-state index in [9.17, 15) is 0 Å². The zero-order valence-electron chi connectivity index (χ0n) is 38.7. The van der Waals surface area contributed by atoms with Crippen molar-refractivity contribution in [2.24, 2.45) is 4.99 Å². The lowest BCUT2D eigenvalue weighted by atomic mass is 9.87. The van der Waals surface area contributed by atoms with E-state index < -0.39 is 5.50 Å². The first kappa shape index (κ1) is 48.4. The van der Waals surface area contributed by atoms with E-state index in [1.165, 1.54) is 65.7 Å². The van der Waals surface area contributed by atoms with E-state index in [0.717, 1.165) is 36.1 Å². The van der Waals surface area contributed by atoms with Gasteiger partial charge in [-0.05, 0) is 123 Å². The van der Waals surface area contributed by atoms with E-state index >= 15 is 0 Å². The van der Waals surface area contributed by atoms with Gasteiger partial charge in [-0.3, -0.25) is 9.89 Å². The van der Waals surface area contributed by atoms with E-state index in [2.05, 4.69) is 173 Å². The van der Waals surface area contributed by atoms with Crippen molar-refractivity contribution in [3.05, 3.63) is 198 Å². The Hall–Kier alpha value is -4.63. The molecule has 6 nitrogen and oxygen atoms in total. The highest BCUT2D eigenvalue weighted by atomic mass is 35.5. The SMILES string of the molecule is Cc1c(CN2CN(CCc3cccc4ccccc34)C(Cl)=C2Cl)c(C)c(CN(C)C(Cl)C(Cl)=NCCc2cccc3ccccc23)c(C)c1CN1CN(Cc2cccc3ccccc23)C(Cl)=C1Cl. The fraction of sp³-hybridized carbons (Fsp3) is 0.268. The Morgan fingerprint density at radius 3 is 1.44 bits per heavy atom. The highest BCUT2D eigenvalue weighted by molar-refractivity contribution is 6.70. The number of halogens is 6. The summed E-state index contributed by atoms with van der Waals surface area (Å²) < 4.78 is 0. The molecule has 0 amide bonds. The predicted octanol–water partition coefficient (Wildman–Crippen LogP) is 14.7. The van der Waals surface area contributed by atoms with Gasteiger partial charge < -0.3 is 19.6 Å².